The Morgan fingerprint density at radius 3 is 2.86 bits per heavy atom. The highest BCUT2D eigenvalue weighted by molar-refractivity contribution is 6.04. The van der Waals surface area contributed by atoms with Crippen molar-refractivity contribution in [2.45, 2.75) is 6.92 Å². The van der Waals surface area contributed by atoms with Crippen molar-refractivity contribution < 1.29 is 14.3 Å². The molecule has 0 bridgehead atoms. The molecular weight excluding hydrogens is 271 g/mol. The lowest BCUT2D eigenvalue weighted by atomic mass is 10.1. The van der Waals surface area contributed by atoms with Crippen LogP contribution in [0.5, 0.6) is 0 Å². The smallest absolute Gasteiger partial charge is 0.255 e. The fraction of sp³-hybridized carbons (Fsp3) is 0.125. The molecule has 1 aromatic heterocycles. The summed E-state index contributed by atoms with van der Waals surface area (Å²) in [6.07, 6.45) is 3.19. The molecule has 0 spiro atoms. The Kier molecular flexibility index (Phi) is 4.64. The number of aliphatic hydroxyl groups excluding tert-OH is 1. The normalized spacial score (nSPS) is 9.67. The maximum Gasteiger partial charge on any atom is 0.255 e. The number of aryl methyl sites for hydroxylation is 1. The van der Waals surface area contributed by atoms with E-state index in [1.807, 2.05) is 6.92 Å². The fourth-order valence-corrected chi connectivity index (χ4v) is 1.72. The molecule has 21 heavy (non-hydrogen) atoms. The average molecular weight is 284 g/mol. The maximum atomic E-state index is 13.8. The lowest BCUT2D eigenvalue weighted by Gasteiger charge is -2.06. The molecule has 1 aromatic carbocycles. The van der Waals surface area contributed by atoms with Gasteiger partial charge in [-0.25, -0.2) is 4.39 Å². The number of aromatic nitrogens is 1. The number of anilines is 1. The van der Waals surface area contributed by atoms with Crippen LogP contribution in [-0.2, 0) is 0 Å². The average Bonchev–Trinajstić information content (AvgIpc) is 2.46. The van der Waals surface area contributed by atoms with Gasteiger partial charge in [0.1, 0.15) is 12.4 Å². The summed E-state index contributed by atoms with van der Waals surface area (Å²) in [7, 11) is 0. The molecule has 106 valence electrons. The SMILES string of the molecule is Cc1cncc(NC(=O)c2ccc(C#CCO)c(F)c2)c1. The first-order chi connectivity index (χ1) is 10.1. The molecule has 2 rings (SSSR count). The molecular formula is C16H13FN2O2. The minimum atomic E-state index is -0.606. The Labute approximate surface area is 121 Å². The summed E-state index contributed by atoms with van der Waals surface area (Å²) >= 11 is 0. The Balaban J connectivity index is 2.18. The molecule has 0 unspecified atom stereocenters. The van der Waals surface area contributed by atoms with Crippen molar-refractivity contribution in [3.63, 3.8) is 0 Å². The van der Waals surface area contributed by atoms with Gasteiger partial charge in [-0.2, -0.15) is 0 Å². The molecule has 0 saturated heterocycles. The van der Waals surface area contributed by atoms with Crippen molar-refractivity contribution in [1.29, 1.82) is 0 Å². The van der Waals surface area contributed by atoms with Crippen molar-refractivity contribution in [2.24, 2.45) is 0 Å². The van der Waals surface area contributed by atoms with Gasteiger partial charge >= 0.3 is 0 Å². The van der Waals surface area contributed by atoms with Gasteiger partial charge in [0.15, 0.2) is 0 Å². The number of carbonyl (C=O) groups is 1. The highest BCUT2D eigenvalue weighted by Crippen LogP contribution is 2.13. The van der Waals surface area contributed by atoms with E-state index in [-0.39, 0.29) is 17.7 Å². The quantitative estimate of drug-likeness (QED) is 0.830. The number of benzene rings is 1. The number of halogens is 1. The third kappa shape index (κ3) is 3.88. The Morgan fingerprint density at radius 1 is 1.38 bits per heavy atom. The van der Waals surface area contributed by atoms with E-state index in [0.717, 1.165) is 11.6 Å². The second-order valence-corrected chi connectivity index (χ2v) is 4.36. The van der Waals surface area contributed by atoms with Gasteiger partial charge in [0.25, 0.3) is 5.91 Å². The molecule has 2 N–H and O–H groups in total. The first-order valence-electron chi connectivity index (χ1n) is 6.22. The topological polar surface area (TPSA) is 62.2 Å². The zero-order valence-electron chi connectivity index (χ0n) is 11.4. The van der Waals surface area contributed by atoms with Gasteiger partial charge in [0, 0.05) is 11.8 Å². The molecule has 1 amide bonds. The molecule has 0 fully saturated rings. The monoisotopic (exact) mass is 284 g/mol. The van der Waals surface area contributed by atoms with Crippen molar-refractivity contribution in [1.82, 2.24) is 4.98 Å². The van der Waals surface area contributed by atoms with Crippen LogP contribution in [0.4, 0.5) is 10.1 Å². The second kappa shape index (κ2) is 6.64. The van der Waals surface area contributed by atoms with Gasteiger partial charge in [-0.3, -0.25) is 9.78 Å². The van der Waals surface area contributed by atoms with E-state index >= 15 is 0 Å². The predicted octanol–water partition coefficient (Wildman–Crippen LogP) is 2.13. The third-order valence-corrected chi connectivity index (χ3v) is 2.67. The summed E-state index contributed by atoms with van der Waals surface area (Å²) < 4.78 is 13.8. The Bertz CT molecular complexity index is 733. The van der Waals surface area contributed by atoms with Crippen LogP contribution in [0.2, 0.25) is 0 Å². The lowest BCUT2D eigenvalue weighted by molar-refractivity contribution is 0.102. The van der Waals surface area contributed by atoms with E-state index in [1.54, 1.807) is 12.3 Å². The summed E-state index contributed by atoms with van der Waals surface area (Å²) in [6, 6.07) is 5.76. The van der Waals surface area contributed by atoms with Crippen LogP contribution in [-0.4, -0.2) is 22.6 Å². The first-order valence-corrected chi connectivity index (χ1v) is 6.22. The van der Waals surface area contributed by atoms with E-state index in [1.165, 1.54) is 18.3 Å². The lowest BCUT2D eigenvalue weighted by Crippen LogP contribution is -2.12. The van der Waals surface area contributed by atoms with Crippen LogP contribution >= 0.6 is 0 Å². The number of amides is 1. The zero-order valence-corrected chi connectivity index (χ0v) is 11.4. The van der Waals surface area contributed by atoms with E-state index in [9.17, 15) is 9.18 Å². The van der Waals surface area contributed by atoms with E-state index in [4.69, 9.17) is 5.11 Å². The number of hydrogen-bond donors (Lipinski definition) is 2. The molecule has 0 aliphatic rings. The molecule has 0 aliphatic heterocycles. The Morgan fingerprint density at radius 2 is 2.19 bits per heavy atom. The molecule has 0 radical (unpaired) electrons. The van der Waals surface area contributed by atoms with E-state index in [0.29, 0.717) is 5.69 Å². The third-order valence-electron chi connectivity index (χ3n) is 2.67. The van der Waals surface area contributed by atoms with Crippen LogP contribution in [0.3, 0.4) is 0 Å². The summed E-state index contributed by atoms with van der Waals surface area (Å²) in [5, 5.41) is 11.2. The summed E-state index contributed by atoms with van der Waals surface area (Å²) in [6.45, 7) is 1.51. The van der Waals surface area contributed by atoms with Crippen molar-refractivity contribution >= 4 is 11.6 Å². The van der Waals surface area contributed by atoms with Crippen LogP contribution in [0.25, 0.3) is 0 Å². The predicted molar refractivity (Wildman–Crippen MR) is 77.3 cm³/mol. The van der Waals surface area contributed by atoms with Gasteiger partial charge in [0.05, 0.1) is 17.4 Å². The van der Waals surface area contributed by atoms with Gasteiger partial charge < -0.3 is 10.4 Å². The number of nitrogens with one attached hydrogen (secondary N) is 1. The zero-order chi connectivity index (χ0) is 15.2. The fourth-order valence-electron chi connectivity index (χ4n) is 1.72. The van der Waals surface area contributed by atoms with Gasteiger partial charge in [-0.15, -0.1) is 0 Å². The standard InChI is InChI=1S/C16H13FN2O2/c1-11-7-14(10-18-9-11)19-16(21)13-5-4-12(3-2-6-20)15(17)8-13/h4-5,7-10,20H,6H2,1H3,(H,19,21). The van der Waals surface area contributed by atoms with Crippen LogP contribution in [0.1, 0.15) is 21.5 Å². The van der Waals surface area contributed by atoms with Crippen molar-refractivity contribution in [2.75, 3.05) is 11.9 Å². The number of aliphatic hydroxyl groups is 1. The highest BCUT2D eigenvalue weighted by Gasteiger charge is 2.09. The summed E-state index contributed by atoms with van der Waals surface area (Å²) in [5.74, 6) is 3.79. The van der Waals surface area contributed by atoms with Crippen LogP contribution in [0.15, 0.2) is 36.7 Å². The molecule has 0 aliphatic carbocycles. The van der Waals surface area contributed by atoms with Crippen molar-refractivity contribution in [3.05, 3.63) is 59.2 Å². The van der Waals surface area contributed by atoms with Gasteiger partial charge in [-0.1, -0.05) is 11.8 Å². The van der Waals surface area contributed by atoms with E-state index in [2.05, 4.69) is 22.1 Å². The second-order valence-electron chi connectivity index (χ2n) is 4.36. The molecule has 0 saturated carbocycles. The molecule has 2 aromatic rings. The minimum Gasteiger partial charge on any atom is -0.384 e. The molecule has 5 heteroatoms. The summed E-state index contributed by atoms with van der Waals surface area (Å²) in [5.41, 5.74) is 1.78. The molecule has 1 heterocycles. The highest BCUT2D eigenvalue weighted by atomic mass is 19.1. The van der Waals surface area contributed by atoms with Crippen LogP contribution < -0.4 is 5.32 Å². The minimum absolute atomic E-state index is 0.137. The number of nitrogens with zero attached hydrogens (tertiary/aromatic N) is 1. The van der Waals surface area contributed by atoms with Gasteiger partial charge in [-0.05, 0) is 36.8 Å². The number of pyridine rings is 1. The van der Waals surface area contributed by atoms with Gasteiger partial charge in [0.2, 0.25) is 0 Å². The molecule has 4 nitrogen and oxygen atoms in total. The maximum absolute atomic E-state index is 13.8. The number of rotatable bonds is 2. The Hall–Kier alpha value is -2.71. The number of hydrogen-bond acceptors (Lipinski definition) is 3. The van der Waals surface area contributed by atoms with Crippen LogP contribution in [0, 0.1) is 24.6 Å². The summed E-state index contributed by atoms with van der Waals surface area (Å²) in [4.78, 5) is 16.0. The van der Waals surface area contributed by atoms with E-state index < -0.39 is 11.7 Å². The van der Waals surface area contributed by atoms with Crippen molar-refractivity contribution in [3.8, 4) is 11.8 Å². The molecule has 0 atom stereocenters. The first kappa shape index (κ1) is 14.7. The number of carbonyl (C=O) groups excluding carboxylic acids is 1. The largest absolute Gasteiger partial charge is 0.384 e.